The largest absolute Gasteiger partial charge is 0.291 e. The number of aromatic nitrogens is 4. The molecule has 0 N–H and O–H groups in total. The van der Waals surface area contributed by atoms with Crippen LogP contribution in [0.4, 0.5) is 4.39 Å². The van der Waals surface area contributed by atoms with E-state index in [9.17, 15) is 9.18 Å². The molecule has 76 valence electrons. The van der Waals surface area contributed by atoms with Gasteiger partial charge >= 0.3 is 0 Å². The molecule has 0 aliphatic carbocycles. The van der Waals surface area contributed by atoms with E-state index >= 15 is 0 Å². The minimum absolute atomic E-state index is 0.126. The minimum atomic E-state index is -0.351. The molecule has 0 radical (unpaired) electrons. The van der Waals surface area contributed by atoms with Gasteiger partial charge in [0.05, 0.1) is 5.69 Å². The lowest BCUT2D eigenvalue weighted by molar-refractivity contribution is 0.100. The topological polar surface area (TPSA) is 60.7 Å². The van der Waals surface area contributed by atoms with Crippen LogP contribution in [0.1, 0.15) is 17.5 Å². The summed E-state index contributed by atoms with van der Waals surface area (Å²) in [7, 11) is 0. The van der Waals surface area contributed by atoms with Gasteiger partial charge in [0, 0.05) is 6.92 Å². The van der Waals surface area contributed by atoms with Gasteiger partial charge in [-0.3, -0.25) is 4.79 Å². The van der Waals surface area contributed by atoms with Crippen LogP contribution in [0.25, 0.3) is 5.69 Å². The number of nitrogens with zero attached hydrogens (tertiary/aromatic N) is 4. The van der Waals surface area contributed by atoms with Crippen LogP contribution >= 0.6 is 0 Å². The zero-order valence-corrected chi connectivity index (χ0v) is 7.88. The molecule has 0 fully saturated rings. The normalized spacial score (nSPS) is 10.3. The van der Waals surface area contributed by atoms with Gasteiger partial charge in [0.25, 0.3) is 0 Å². The lowest BCUT2D eigenvalue weighted by Gasteiger charge is -2.00. The van der Waals surface area contributed by atoms with Gasteiger partial charge in [-0.25, -0.2) is 4.39 Å². The fraction of sp³-hybridized carbons (Fsp3) is 0.111. The number of hydrogen-bond donors (Lipinski definition) is 0. The molecule has 0 unspecified atom stereocenters. The molecule has 0 atom stereocenters. The molecule has 0 bridgehead atoms. The molecule has 0 aliphatic rings. The van der Waals surface area contributed by atoms with Crippen molar-refractivity contribution in [2.75, 3.05) is 0 Å². The highest BCUT2D eigenvalue weighted by molar-refractivity contribution is 5.90. The second-order valence-electron chi connectivity index (χ2n) is 2.95. The highest BCUT2D eigenvalue weighted by Gasteiger charge is 2.11. The summed E-state index contributed by atoms with van der Waals surface area (Å²) < 4.78 is 13.9. The lowest BCUT2D eigenvalue weighted by atomic mass is 10.3. The third kappa shape index (κ3) is 1.74. The molecule has 1 aromatic carbocycles. The fourth-order valence-corrected chi connectivity index (χ4v) is 1.16. The van der Waals surface area contributed by atoms with Crippen LogP contribution in [0.5, 0.6) is 0 Å². The molecule has 2 rings (SSSR count). The predicted molar refractivity (Wildman–Crippen MR) is 49.1 cm³/mol. The van der Waals surface area contributed by atoms with E-state index in [1.165, 1.54) is 35.9 Å². The minimum Gasteiger partial charge on any atom is -0.291 e. The van der Waals surface area contributed by atoms with E-state index in [4.69, 9.17) is 0 Å². The Balaban J connectivity index is 2.49. The quantitative estimate of drug-likeness (QED) is 0.688. The van der Waals surface area contributed by atoms with Crippen LogP contribution in [0.3, 0.4) is 0 Å². The van der Waals surface area contributed by atoms with Crippen LogP contribution in [0.15, 0.2) is 24.3 Å². The maximum absolute atomic E-state index is 12.7. The summed E-state index contributed by atoms with van der Waals surface area (Å²) in [5.41, 5.74) is 0.548. The third-order valence-corrected chi connectivity index (χ3v) is 1.86. The summed E-state index contributed by atoms with van der Waals surface area (Å²) in [5.74, 6) is -0.470. The van der Waals surface area contributed by atoms with E-state index in [0.717, 1.165) is 0 Å². The van der Waals surface area contributed by atoms with Gasteiger partial charge in [-0.15, -0.1) is 5.10 Å². The van der Waals surface area contributed by atoms with Crippen LogP contribution in [-0.4, -0.2) is 26.0 Å². The maximum atomic E-state index is 12.7. The number of rotatable bonds is 2. The van der Waals surface area contributed by atoms with Gasteiger partial charge in [-0.1, -0.05) is 0 Å². The Bertz CT molecular complexity index is 491. The summed E-state index contributed by atoms with van der Waals surface area (Å²) >= 11 is 0. The molecule has 0 aliphatic heterocycles. The Hall–Kier alpha value is -2.11. The number of halogens is 1. The summed E-state index contributed by atoms with van der Waals surface area (Å²) in [6.45, 7) is 1.37. The molecule has 5 nitrogen and oxygen atoms in total. The van der Waals surface area contributed by atoms with Gasteiger partial charge in [0.15, 0.2) is 5.78 Å². The molecule has 0 saturated carbocycles. The van der Waals surface area contributed by atoms with Crippen LogP contribution in [-0.2, 0) is 0 Å². The first-order chi connectivity index (χ1) is 7.18. The van der Waals surface area contributed by atoms with Crippen LogP contribution < -0.4 is 0 Å². The maximum Gasteiger partial charge on any atom is 0.222 e. The molecule has 1 aromatic heterocycles. The Labute approximate surface area is 84.5 Å². The Kier molecular flexibility index (Phi) is 2.24. The van der Waals surface area contributed by atoms with E-state index < -0.39 is 0 Å². The molecule has 0 amide bonds. The molecular formula is C9H7FN4O. The monoisotopic (exact) mass is 206 g/mol. The molecule has 6 heteroatoms. The summed E-state index contributed by atoms with van der Waals surface area (Å²) in [6.07, 6.45) is 0. The highest BCUT2D eigenvalue weighted by Crippen LogP contribution is 2.09. The first-order valence-corrected chi connectivity index (χ1v) is 4.24. The number of tetrazole rings is 1. The predicted octanol–water partition coefficient (Wildman–Crippen LogP) is 1.00. The van der Waals surface area contributed by atoms with Crippen molar-refractivity contribution in [3.8, 4) is 5.69 Å². The standard InChI is InChI=1S/C9H7FN4O/c1-6(15)9-11-12-13-14(9)8-4-2-7(10)3-5-8/h2-5H,1H3. The average molecular weight is 206 g/mol. The van der Waals surface area contributed by atoms with Gasteiger partial charge < -0.3 is 0 Å². The summed E-state index contributed by atoms with van der Waals surface area (Å²) in [4.78, 5) is 11.1. The van der Waals surface area contributed by atoms with Crippen molar-refractivity contribution < 1.29 is 9.18 Å². The first-order valence-electron chi connectivity index (χ1n) is 4.24. The van der Waals surface area contributed by atoms with Gasteiger partial charge in [0.1, 0.15) is 5.82 Å². The zero-order chi connectivity index (χ0) is 10.8. The molecule has 0 spiro atoms. The smallest absolute Gasteiger partial charge is 0.222 e. The highest BCUT2D eigenvalue weighted by atomic mass is 19.1. The Morgan fingerprint density at radius 1 is 1.33 bits per heavy atom. The van der Waals surface area contributed by atoms with Gasteiger partial charge in [-0.2, -0.15) is 4.68 Å². The van der Waals surface area contributed by atoms with Gasteiger partial charge in [-0.05, 0) is 34.7 Å². The lowest BCUT2D eigenvalue weighted by Crippen LogP contribution is -2.07. The Morgan fingerprint density at radius 2 is 2.00 bits per heavy atom. The average Bonchev–Trinajstić information content (AvgIpc) is 2.67. The van der Waals surface area contributed by atoms with E-state index in [0.29, 0.717) is 5.69 Å². The number of Topliss-reactive ketones (excluding diaryl/α,β-unsaturated/α-hetero) is 1. The number of carbonyl (C=O) groups excluding carboxylic acids is 1. The van der Waals surface area contributed by atoms with E-state index in [1.54, 1.807) is 0 Å². The fourth-order valence-electron chi connectivity index (χ4n) is 1.16. The van der Waals surface area contributed by atoms with Crippen molar-refractivity contribution in [3.05, 3.63) is 35.9 Å². The molecule has 15 heavy (non-hydrogen) atoms. The van der Waals surface area contributed by atoms with E-state index in [2.05, 4.69) is 15.5 Å². The van der Waals surface area contributed by atoms with Crippen molar-refractivity contribution in [1.29, 1.82) is 0 Å². The van der Waals surface area contributed by atoms with Gasteiger partial charge in [0.2, 0.25) is 5.82 Å². The molecule has 0 saturated heterocycles. The summed E-state index contributed by atoms with van der Waals surface area (Å²) in [5, 5.41) is 10.6. The van der Waals surface area contributed by atoms with Crippen LogP contribution in [0, 0.1) is 5.82 Å². The zero-order valence-electron chi connectivity index (χ0n) is 7.88. The number of hydrogen-bond acceptors (Lipinski definition) is 4. The van der Waals surface area contributed by atoms with Crippen molar-refractivity contribution >= 4 is 5.78 Å². The Morgan fingerprint density at radius 3 is 2.60 bits per heavy atom. The second-order valence-corrected chi connectivity index (χ2v) is 2.95. The number of carbonyl (C=O) groups is 1. The SMILES string of the molecule is CC(=O)c1nnnn1-c1ccc(F)cc1. The van der Waals surface area contributed by atoms with Crippen molar-refractivity contribution in [3.63, 3.8) is 0 Å². The number of ketones is 1. The van der Waals surface area contributed by atoms with Crippen molar-refractivity contribution in [2.45, 2.75) is 6.92 Å². The van der Waals surface area contributed by atoms with Crippen molar-refractivity contribution in [2.24, 2.45) is 0 Å². The summed E-state index contributed by atoms with van der Waals surface area (Å²) in [6, 6.07) is 5.55. The van der Waals surface area contributed by atoms with Crippen LogP contribution in [0.2, 0.25) is 0 Å². The second kappa shape index (κ2) is 3.56. The number of benzene rings is 1. The molecule has 2 aromatic rings. The first kappa shape index (κ1) is 9.45. The van der Waals surface area contributed by atoms with E-state index in [1.807, 2.05) is 0 Å². The van der Waals surface area contributed by atoms with Crippen molar-refractivity contribution in [1.82, 2.24) is 20.2 Å². The third-order valence-electron chi connectivity index (χ3n) is 1.86. The van der Waals surface area contributed by atoms with E-state index in [-0.39, 0.29) is 17.4 Å². The molecule has 1 heterocycles. The molecular weight excluding hydrogens is 199 g/mol.